The molecule has 0 aromatic heterocycles. The van der Waals surface area contributed by atoms with E-state index in [4.69, 9.17) is 24.2 Å². The molecule has 0 aromatic rings. The summed E-state index contributed by atoms with van der Waals surface area (Å²) in [5.74, 6) is -2.08. The third-order valence-corrected chi connectivity index (χ3v) is 7.42. The summed E-state index contributed by atoms with van der Waals surface area (Å²) in [6.45, 7) is 10.8. The zero-order valence-electron chi connectivity index (χ0n) is 32.2. The van der Waals surface area contributed by atoms with Crippen molar-refractivity contribution in [3.63, 3.8) is 0 Å². The Morgan fingerprint density at radius 1 is 0.574 bits per heavy atom. The van der Waals surface area contributed by atoms with E-state index >= 15 is 0 Å². The highest BCUT2D eigenvalue weighted by atomic mass is 16.6. The summed E-state index contributed by atoms with van der Waals surface area (Å²) >= 11 is 0. The van der Waals surface area contributed by atoms with Crippen molar-refractivity contribution in [2.75, 3.05) is 52.7 Å². The molecule has 0 fully saturated rings. The summed E-state index contributed by atoms with van der Waals surface area (Å²) in [6.07, 6.45) is 13.2. The number of nitriles is 1. The highest BCUT2D eigenvalue weighted by Crippen LogP contribution is 2.13. The molecule has 0 N–H and O–H groups in total. The number of esters is 2. The van der Waals surface area contributed by atoms with Crippen LogP contribution in [0.15, 0.2) is 30.3 Å². The van der Waals surface area contributed by atoms with Crippen molar-refractivity contribution in [1.29, 1.82) is 5.26 Å². The average molecular weight is 765 g/mol. The number of imide groups is 2. The van der Waals surface area contributed by atoms with E-state index in [2.05, 4.69) is 22.9 Å². The van der Waals surface area contributed by atoms with Gasteiger partial charge in [-0.2, -0.15) is 5.26 Å². The van der Waals surface area contributed by atoms with E-state index in [-0.39, 0.29) is 58.3 Å². The fourth-order valence-corrected chi connectivity index (χ4v) is 4.68. The molecule has 0 heterocycles. The number of hydrogen-bond acceptors (Lipinski definition) is 14. The van der Waals surface area contributed by atoms with E-state index in [0.717, 1.165) is 54.1 Å². The second kappa shape index (κ2) is 37.7. The fourth-order valence-electron chi connectivity index (χ4n) is 4.68. The molecule has 0 saturated heterocycles. The maximum absolute atomic E-state index is 13.0. The molecule has 0 spiro atoms. The normalized spacial score (nSPS) is 9.80. The van der Waals surface area contributed by atoms with Crippen molar-refractivity contribution in [2.45, 2.75) is 117 Å². The minimum Gasteiger partial charge on any atom is -0.459 e. The first-order valence-corrected chi connectivity index (χ1v) is 18.8. The molecule has 0 aromatic carbocycles. The van der Waals surface area contributed by atoms with E-state index < -0.39 is 30.0 Å². The lowest BCUT2D eigenvalue weighted by atomic mass is 10.1. The second-order valence-corrected chi connectivity index (χ2v) is 11.4. The monoisotopic (exact) mass is 764 g/mol. The molecule has 0 aliphatic heterocycles. The van der Waals surface area contributed by atoms with Gasteiger partial charge in [-0.25, -0.2) is 38.8 Å². The summed E-state index contributed by atoms with van der Waals surface area (Å²) < 4.78 is 24.6. The van der Waals surface area contributed by atoms with Gasteiger partial charge in [-0.05, 0) is 44.9 Å². The summed E-state index contributed by atoms with van der Waals surface area (Å²) in [4.78, 5) is 89.5. The Kier molecular flexibility index (Phi) is 35.7. The van der Waals surface area contributed by atoms with Crippen molar-refractivity contribution < 1.29 is 57.2 Å². The van der Waals surface area contributed by atoms with Gasteiger partial charge in [0.25, 0.3) is 6.26 Å². The van der Waals surface area contributed by atoms with Gasteiger partial charge in [-0.3, -0.25) is 9.59 Å². The Bertz CT molecular complexity index is 1200. The van der Waals surface area contributed by atoms with Crippen LogP contribution in [-0.2, 0) is 47.7 Å². The zero-order chi connectivity index (χ0) is 40.7. The molecule has 0 unspecified atom stereocenters. The lowest BCUT2D eigenvalue weighted by Gasteiger charge is -2.21. The van der Waals surface area contributed by atoms with Crippen LogP contribution in [0.3, 0.4) is 0 Å². The van der Waals surface area contributed by atoms with Crippen molar-refractivity contribution in [2.24, 2.45) is 4.99 Å². The molecule has 0 bridgehead atoms. The molecule has 0 saturated carbocycles. The third-order valence-electron chi connectivity index (χ3n) is 7.42. The second-order valence-electron chi connectivity index (χ2n) is 11.4. The number of hydrogen-bond donors (Lipinski definition) is 0. The van der Waals surface area contributed by atoms with Crippen LogP contribution in [0.1, 0.15) is 117 Å². The standard InChI is InChI=1S/C36H54N4O12.C2H6/c1-3-33(44)49-25-27-51-35(46)39(31(42)19-13-7-5-9-15-21-38-30-41)22-16-10-6-8-14-20-32(43)40(23-17-11-12-18-24-48-29-37)36(47)52-28-26-50-34(45)4-2;1-2/h3-4H,1-2,5-28H2;1-2H3. The van der Waals surface area contributed by atoms with E-state index in [0.29, 0.717) is 70.9 Å². The van der Waals surface area contributed by atoms with Crippen LogP contribution in [-0.4, -0.2) is 104 Å². The van der Waals surface area contributed by atoms with E-state index in [1.165, 1.54) is 6.08 Å². The molecule has 0 atom stereocenters. The van der Waals surface area contributed by atoms with E-state index in [9.17, 15) is 33.6 Å². The number of nitrogens with zero attached hydrogens (tertiary/aromatic N) is 4. The van der Waals surface area contributed by atoms with Gasteiger partial charge in [0.1, 0.15) is 33.0 Å². The van der Waals surface area contributed by atoms with Gasteiger partial charge in [-0.15, -0.1) is 0 Å². The molecule has 0 radical (unpaired) electrons. The van der Waals surface area contributed by atoms with Gasteiger partial charge in [0.15, 0.2) is 0 Å². The minimum atomic E-state index is -0.827. The Hall–Kier alpha value is -5.03. The number of isocyanates is 1. The third kappa shape index (κ3) is 29.5. The van der Waals surface area contributed by atoms with Crippen LogP contribution in [0.25, 0.3) is 0 Å². The average Bonchev–Trinajstić information content (AvgIpc) is 3.18. The first kappa shape index (κ1) is 51.1. The van der Waals surface area contributed by atoms with Crippen LogP contribution < -0.4 is 0 Å². The van der Waals surface area contributed by atoms with Crippen molar-refractivity contribution in [3.8, 4) is 6.26 Å². The molecule has 54 heavy (non-hydrogen) atoms. The molecule has 4 amide bonds. The summed E-state index contributed by atoms with van der Waals surface area (Å²) in [5, 5.41) is 8.45. The SMILES string of the molecule is C=CC(=O)OCCOC(=O)N(CCCCCCCC(=O)N(CCCCCCOC#N)C(=O)OCCOC(=O)C=C)C(=O)CCCCCCCN=C=O.CC. The molecule has 0 rings (SSSR count). The Balaban J connectivity index is 0. The Labute approximate surface area is 319 Å². The molecule has 16 nitrogen and oxygen atoms in total. The predicted molar refractivity (Wildman–Crippen MR) is 198 cm³/mol. The van der Waals surface area contributed by atoms with Crippen molar-refractivity contribution in [1.82, 2.24) is 9.80 Å². The van der Waals surface area contributed by atoms with Crippen LogP contribution in [0.4, 0.5) is 9.59 Å². The quantitative estimate of drug-likeness (QED) is 0.0141. The Morgan fingerprint density at radius 2 is 0.963 bits per heavy atom. The maximum Gasteiger partial charge on any atom is 0.416 e. The summed E-state index contributed by atoms with van der Waals surface area (Å²) in [5.41, 5.74) is 0. The zero-order valence-corrected chi connectivity index (χ0v) is 32.2. The fraction of sp³-hybridized carbons (Fsp3) is 0.684. The highest BCUT2D eigenvalue weighted by molar-refractivity contribution is 5.92. The number of carbonyl (C=O) groups is 6. The van der Waals surface area contributed by atoms with Crippen molar-refractivity contribution in [3.05, 3.63) is 25.3 Å². The number of amides is 4. The number of ether oxygens (including phenoxy) is 5. The van der Waals surface area contributed by atoms with E-state index in [1.54, 1.807) is 6.26 Å². The maximum atomic E-state index is 13.0. The first-order chi connectivity index (χ1) is 26.2. The van der Waals surface area contributed by atoms with Crippen LogP contribution in [0.2, 0.25) is 0 Å². The summed E-state index contributed by atoms with van der Waals surface area (Å²) in [7, 11) is 0. The minimum absolute atomic E-state index is 0.105. The van der Waals surface area contributed by atoms with E-state index in [1.807, 2.05) is 13.8 Å². The van der Waals surface area contributed by atoms with Gasteiger partial charge in [0.2, 0.25) is 17.9 Å². The number of unbranched alkanes of at least 4 members (excludes halogenated alkanes) is 11. The topological polar surface area (TPSA) is 208 Å². The summed E-state index contributed by atoms with van der Waals surface area (Å²) in [6, 6.07) is 0. The Morgan fingerprint density at radius 3 is 1.39 bits per heavy atom. The molecular weight excluding hydrogens is 704 g/mol. The largest absolute Gasteiger partial charge is 0.459 e. The molecular formula is C38H60N4O12. The van der Waals surface area contributed by atoms with Crippen LogP contribution in [0.5, 0.6) is 0 Å². The molecule has 304 valence electrons. The highest BCUT2D eigenvalue weighted by Gasteiger charge is 2.23. The van der Waals surface area contributed by atoms with Gasteiger partial charge >= 0.3 is 24.1 Å². The van der Waals surface area contributed by atoms with Gasteiger partial charge in [0.05, 0.1) is 6.54 Å². The van der Waals surface area contributed by atoms with Gasteiger partial charge < -0.3 is 23.7 Å². The molecule has 16 heteroatoms. The predicted octanol–water partition coefficient (Wildman–Crippen LogP) is 6.48. The van der Waals surface area contributed by atoms with Gasteiger partial charge in [-0.1, -0.05) is 72.0 Å². The number of aliphatic imine (C=N–C) groups is 1. The smallest absolute Gasteiger partial charge is 0.416 e. The number of carbonyl (C=O) groups excluding carboxylic acids is 7. The molecule has 0 aliphatic rings. The van der Waals surface area contributed by atoms with Crippen LogP contribution in [0, 0.1) is 11.5 Å². The first-order valence-electron chi connectivity index (χ1n) is 18.8. The van der Waals surface area contributed by atoms with Gasteiger partial charge in [0, 0.05) is 38.1 Å². The van der Waals surface area contributed by atoms with Crippen molar-refractivity contribution >= 4 is 42.0 Å². The lowest BCUT2D eigenvalue weighted by Crippen LogP contribution is -2.38. The number of rotatable bonds is 31. The van der Waals surface area contributed by atoms with Crippen LogP contribution >= 0.6 is 0 Å². The molecule has 0 aliphatic carbocycles. The lowest BCUT2D eigenvalue weighted by molar-refractivity contribution is -0.139.